The van der Waals surface area contributed by atoms with E-state index in [9.17, 15) is 14.9 Å². The fourth-order valence-corrected chi connectivity index (χ4v) is 3.28. The van der Waals surface area contributed by atoms with Crippen molar-refractivity contribution in [2.45, 2.75) is 11.5 Å². The third-order valence-electron chi connectivity index (χ3n) is 3.26. The van der Waals surface area contributed by atoms with Gasteiger partial charge in [0.25, 0.3) is 5.69 Å². The second kappa shape index (κ2) is 7.49. The van der Waals surface area contributed by atoms with Gasteiger partial charge in [-0.25, -0.2) is 9.78 Å². The Labute approximate surface area is 150 Å². The molecule has 2 aromatic heterocycles. The minimum atomic E-state index is -0.754. The largest absolute Gasteiger partial charge is 0.462 e. The van der Waals surface area contributed by atoms with Crippen LogP contribution in [-0.2, 0) is 11.3 Å². The molecule has 3 rings (SSSR count). The van der Waals surface area contributed by atoms with Crippen LogP contribution in [0.4, 0.5) is 5.69 Å². The number of carbonyl (C=O) groups excluding carboxylic acids is 1. The lowest BCUT2D eigenvalue weighted by Gasteiger charge is -2.05. The van der Waals surface area contributed by atoms with Crippen LogP contribution in [0.25, 0.3) is 10.8 Å². The van der Waals surface area contributed by atoms with Gasteiger partial charge in [-0.3, -0.25) is 10.1 Å². The van der Waals surface area contributed by atoms with E-state index in [4.69, 9.17) is 9.15 Å². The van der Waals surface area contributed by atoms with Gasteiger partial charge >= 0.3 is 5.97 Å². The average molecular weight is 376 g/mol. The van der Waals surface area contributed by atoms with E-state index < -0.39 is 10.9 Å². The first kappa shape index (κ1) is 17.2. The zero-order chi connectivity index (χ0) is 17.8. The summed E-state index contributed by atoms with van der Waals surface area (Å²) in [4.78, 5) is 27.8. The van der Waals surface area contributed by atoms with E-state index >= 15 is 0 Å². The highest BCUT2D eigenvalue weighted by Gasteiger charge is 2.22. The lowest BCUT2D eigenvalue weighted by atomic mass is 10.2. The van der Waals surface area contributed by atoms with Gasteiger partial charge < -0.3 is 9.15 Å². The van der Waals surface area contributed by atoms with Crippen molar-refractivity contribution < 1.29 is 18.9 Å². The van der Waals surface area contributed by atoms with Crippen LogP contribution < -0.4 is 0 Å². The minimum Gasteiger partial charge on any atom is -0.462 e. The first-order chi connectivity index (χ1) is 12.1. The number of hydrogen-bond donors (Lipinski definition) is 0. The van der Waals surface area contributed by atoms with Crippen molar-refractivity contribution in [2.24, 2.45) is 0 Å². The molecule has 0 saturated heterocycles. The van der Waals surface area contributed by atoms with E-state index in [1.807, 2.05) is 6.26 Å². The van der Waals surface area contributed by atoms with Crippen LogP contribution >= 0.6 is 23.1 Å². The maximum atomic E-state index is 12.3. The van der Waals surface area contributed by atoms with E-state index in [0.717, 1.165) is 4.90 Å². The first-order valence-corrected chi connectivity index (χ1v) is 9.16. The number of benzene rings is 1. The number of aromatic nitrogens is 1. The molecule has 0 N–H and O–H groups in total. The molecular formula is C16H12N2O5S2. The van der Waals surface area contributed by atoms with Crippen LogP contribution in [0.15, 0.2) is 51.3 Å². The number of nitro groups is 1. The van der Waals surface area contributed by atoms with Crippen LogP contribution in [0.2, 0.25) is 0 Å². The van der Waals surface area contributed by atoms with Crippen molar-refractivity contribution in [1.82, 2.24) is 4.98 Å². The summed E-state index contributed by atoms with van der Waals surface area (Å²) in [5, 5.41) is 13.5. The van der Waals surface area contributed by atoms with Gasteiger partial charge in [-0.05, 0) is 30.5 Å². The number of nitro benzene ring substituents is 1. The third-order valence-corrected chi connectivity index (χ3v) is 4.89. The van der Waals surface area contributed by atoms with E-state index in [0.29, 0.717) is 16.5 Å². The Balaban J connectivity index is 1.73. The zero-order valence-electron chi connectivity index (χ0n) is 13.0. The number of thioether (sulfide) groups is 1. The number of hydrogen-bond acceptors (Lipinski definition) is 8. The highest BCUT2D eigenvalue weighted by Crippen LogP contribution is 2.27. The Morgan fingerprint density at radius 3 is 2.96 bits per heavy atom. The van der Waals surface area contributed by atoms with Crippen molar-refractivity contribution in [3.05, 3.63) is 63.3 Å². The Bertz CT molecular complexity index is 905. The molecule has 0 fully saturated rings. The third kappa shape index (κ3) is 3.89. The average Bonchev–Trinajstić information content (AvgIpc) is 3.30. The molecule has 0 aliphatic heterocycles. The SMILES string of the molecule is CSc1ccc([N+](=O)[O-])c(C(=O)OCc2csc(-c3ccco3)n2)c1. The van der Waals surface area contributed by atoms with E-state index in [1.165, 1.54) is 35.2 Å². The Morgan fingerprint density at radius 2 is 2.28 bits per heavy atom. The fourth-order valence-electron chi connectivity index (χ4n) is 2.07. The van der Waals surface area contributed by atoms with Crippen LogP contribution in [0.3, 0.4) is 0 Å². The lowest BCUT2D eigenvalue weighted by Crippen LogP contribution is -2.08. The lowest BCUT2D eigenvalue weighted by molar-refractivity contribution is -0.385. The molecule has 0 spiro atoms. The molecule has 9 heteroatoms. The summed E-state index contributed by atoms with van der Waals surface area (Å²) in [7, 11) is 0. The van der Waals surface area contributed by atoms with Crippen LogP contribution in [0.1, 0.15) is 16.1 Å². The number of esters is 1. The number of nitrogens with zero attached hydrogens (tertiary/aromatic N) is 2. The normalized spacial score (nSPS) is 10.6. The Morgan fingerprint density at radius 1 is 1.44 bits per heavy atom. The first-order valence-electron chi connectivity index (χ1n) is 7.06. The molecule has 0 amide bonds. The summed E-state index contributed by atoms with van der Waals surface area (Å²) in [6, 6.07) is 7.90. The van der Waals surface area contributed by atoms with Gasteiger partial charge in [0, 0.05) is 16.3 Å². The molecule has 25 heavy (non-hydrogen) atoms. The fraction of sp³-hybridized carbons (Fsp3) is 0.125. The van der Waals surface area contributed by atoms with Gasteiger partial charge in [0.15, 0.2) is 10.8 Å². The summed E-state index contributed by atoms with van der Waals surface area (Å²) in [6.45, 7) is -0.0727. The highest BCUT2D eigenvalue weighted by molar-refractivity contribution is 7.98. The van der Waals surface area contributed by atoms with Crippen molar-refractivity contribution in [3.8, 4) is 10.8 Å². The van der Waals surface area contributed by atoms with E-state index in [-0.39, 0.29) is 17.9 Å². The summed E-state index contributed by atoms with van der Waals surface area (Å²) < 4.78 is 10.5. The molecule has 0 aliphatic carbocycles. The maximum absolute atomic E-state index is 12.3. The number of ether oxygens (including phenoxy) is 1. The number of thiazole rings is 1. The van der Waals surface area contributed by atoms with Crippen molar-refractivity contribution in [2.75, 3.05) is 6.26 Å². The molecule has 1 aromatic carbocycles. The van der Waals surface area contributed by atoms with Crippen molar-refractivity contribution in [1.29, 1.82) is 0 Å². The highest BCUT2D eigenvalue weighted by atomic mass is 32.2. The van der Waals surface area contributed by atoms with E-state index in [2.05, 4.69) is 4.98 Å². The summed E-state index contributed by atoms with van der Waals surface area (Å²) in [5.74, 6) is -0.124. The second-order valence-electron chi connectivity index (χ2n) is 4.84. The van der Waals surface area contributed by atoms with Gasteiger partial charge in [-0.15, -0.1) is 23.1 Å². The van der Waals surface area contributed by atoms with Gasteiger partial charge in [0.2, 0.25) is 0 Å². The maximum Gasteiger partial charge on any atom is 0.345 e. The van der Waals surface area contributed by atoms with Gasteiger partial charge in [0.1, 0.15) is 12.2 Å². The standard InChI is InChI=1S/C16H12N2O5S2/c1-24-11-4-5-13(18(20)21)12(7-11)16(19)23-8-10-9-25-15(17-10)14-3-2-6-22-14/h2-7,9H,8H2,1H3. The summed E-state index contributed by atoms with van der Waals surface area (Å²) in [5.41, 5.74) is 0.198. The molecule has 3 aromatic rings. The minimum absolute atomic E-state index is 0.0710. The molecule has 7 nitrogen and oxygen atoms in total. The van der Waals surface area contributed by atoms with Crippen LogP contribution in [0, 0.1) is 10.1 Å². The predicted octanol–water partition coefficient (Wildman–Crippen LogP) is 4.39. The molecule has 0 atom stereocenters. The summed E-state index contributed by atoms with van der Waals surface area (Å²) in [6.07, 6.45) is 3.37. The Hall–Kier alpha value is -2.65. The molecule has 0 saturated carbocycles. The van der Waals surface area contributed by atoms with Crippen molar-refractivity contribution in [3.63, 3.8) is 0 Å². The topological polar surface area (TPSA) is 95.5 Å². The molecule has 0 radical (unpaired) electrons. The molecule has 0 bridgehead atoms. The molecule has 128 valence electrons. The van der Waals surface area contributed by atoms with Gasteiger partial charge in [-0.1, -0.05) is 0 Å². The number of furan rings is 1. The number of rotatable bonds is 6. The molecule has 0 aliphatic rings. The molecule has 0 unspecified atom stereocenters. The van der Waals surface area contributed by atoms with Crippen LogP contribution in [-0.4, -0.2) is 22.1 Å². The zero-order valence-corrected chi connectivity index (χ0v) is 14.6. The smallest absolute Gasteiger partial charge is 0.345 e. The van der Waals surface area contributed by atoms with Gasteiger partial charge in [0.05, 0.1) is 16.9 Å². The predicted molar refractivity (Wildman–Crippen MR) is 93.8 cm³/mol. The monoisotopic (exact) mass is 376 g/mol. The van der Waals surface area contributed by atoms with Gasteiger partial charge in [-0.2, -0.15) is 0 Å². The van der Waals surface area contributed by atoms with E-state index in [1.54, 1.807) is 29.8 Å². The second-order valence-corrected chi connectivity index (χ2v) is 6.58. The number of carbonyl (C=O) groups is 1. The molecule has 2 heterocycles. The molecular weight excluding hydrogens is 364 g/mol. The Kier molecular flexibility index (Phi) is 5.15. The quantitative estimate of drug-likeness (QED) is 0.272. The summed E-state index contributed by atoms with van der Waals surface area (Å²) >= 11 is 2.75. The van der Waals surface area contributed by atoms with Crippen molar-refractivity contribution >= 4 is 34.8 Å². The van der Waals surface area contributed by atoms with Crippen LogP contribution in [0.5, 0.6) is 0 Å².